The topological polar surface area (TPSA) is 93.1 Å². The second kappa shape index (κ2) is 8.68. The van der Waals surface area contributed by atoms with Crippen LogP contribution in [-0.4, -0.2) is 34.4 Å². The molecular formula is C16H10Cl4O6. The highest BCUT2D eigenvalue weighted by Gasteiger charge is 2.39. The Balaban J connectivity index is 2.33. The number of carboxylic acids is 2. The summed E-state index contributed by atoms with van der Waals surface area (Å²) < 4.78 is 10.5. The lowest BCUT2D eigenvalue weighted by molar-refractivity contribution is -0.161. The van der Waals surface area contributed by atoms with Crippen LogP contribution in [0.3, 0.4) is 0 Å². The second-order valence-corrected chi connectivity index (χ2v) is 6.59. The fourth-order valence-electron chi connectivity index (χ4n) is 1.90. The molecule has 0 bridgehead atoms. The minimum atomic E-state index is -1.92. The van der Waals surface area contributed by atoms with Gasteiger partial charge in [0, 0.05) is 10.0 Å². The minimum Gasteiger partial charge on any atom is -0.478 e. The lowest BCUT2D eigenvalue weighted by Crippen LogP contribution is -2.47. The number of benzene rings is 2. The fourth-order valence-corrected chi connectivity index (χ4v) is 2.80. The third kappa shape index (κ3) is 5.08. The summed E-state index contributed by atoms with van der Waals surface area (Å²) in [4.78, 5) is 23.1. The van der Waals surface area contributed by atoms with E-state index >= 15 is 0 Å². The lowest BCUT2D eigenvalue weighted by Gasteiger charge is -2.23. The van der Waals surface area contributed by atoms with E-state index in [4.69, 9.17) is 55.9 Å². The van der Waals surface area contributed by atoms with Gasteiger partial charge < -0.3 is 19.7 Å². The summed E-state index contributed by atoms with van der Waals surface area (Å²) in [5.41, 5.74) is 0. The zero-order chi connectivity index (χ0) is 19.4. The predicted octanol–water partition coefficient (Wildman–Crippen LogP) is 4.66. The number of aliphatic carboxylic acids is 2. The van der Waals surface area contributed by atoms with Crippen molar-refractivity contribution < 1.29 is 29.3 Å². The molecule has 0 aliphatic heterocycles. The molecule has 2 aromatic rings. The molecule has 138 valence electrons. The van der Waals surface area contributed by atoms with Crippen molar-refractivity contribution in [2.75, 3.05) is 0 Å². The van der Waals surface area contributed by atoms with Gasteiger partial charge in [0.1, 0.15) is 11.5 Å². The standard InChI is InChI=1S/C16H10Cl4O6/c17-7-1-3-11(9(19)5-7)25-13(15(21)22)14(16(23)24)26-12-4-2-8(18)6-10(12)20/h1-6,13-14H,(H,21,22)(H,23,24)/t13-,14-/m1/s1. The Bertz CT molecular complexity index is 772. The molecule has 10 heteroatoms. The number of hydrogen-bond donors (Lipinski definition) is 2. The molecule has 6 nitrogen and oxygen atoms in total. The highest BCUT2D eigenvalue weighted by Crippen LogP contribution is 2.31. The van der Waals surface area contributed by atoms with E-state index in [-0.39, 0.29) is 21.5 Å². The predicted molar refractivity (Wildman–Crippen MR) is 97.0 cm³/mol. The molecule has 0 saturated heterocycles. The van der Waals surface area contributed by atoms with Crippen molar-refractivity contribution >= 4 is 58.3 Å². The molecule has 0 saturated carbocycles. The summed E-state index contributed by atoms with van der Waals surface area (Å²) in [5.74, 6) is -3.29. The van der Waals surface area contributed by atoms with Crippen molar-refractivity contribution in [3.05, 3.63) is 56.5 Å². The first-order valence-corrected chi connectivity index (χ1v) is 8.39. The van der Waals surface area contributed by atoms with E-state index in [9.17, 15) is 19.8 Å². The molecule has 0 spiro atoms. The zero-order valence-electron chi connectivity index (χ0n) is 12.7. The van der Waals surface area contributed by atoms with Crippen molar-refractivity contribution in [3.8, 4) is 11.5 Å². The van der Waals surface area contributed by atoms with Gasteiger partial charge in [0.25, 0.3) is 0 Å². The normalized spacial score (nSPS) is 12.9. The summed E-state index contributed by atoms with van der Waals surface area (Å²) in [6, 6.07) is 8.10. The average Bonchev–Trinajstić information content (AvgIpc) is 2.53. The van der Waals surface area contributed by atoms with E-state index in [0.29, 0.717) is 10.0 Å². The van der Waals surface area contributed by atoms with Crippen LogP contribution < -0.4 is 9.47 Å². The third-order valence-corrected chi connectivity index (χ3v) is 4.12. The maximum atomic E-state index is 11.6. The Labute approximate surface area is 167 Å². The van der Waals surface area contributed by atoms with E-state index in [1.807, 2.05) is 0 Å². The second-order valence-electron chi connectivity index (χ2n) is 4.90. The molecule has 0 aromatic heterocycles. The number of carbonyl (C=O) groups is 2. The maximum Gasteiger partial charge on any atom is 0.349 e. The van der Waals surface area contributed by atoms with Crippen LogP contribution in [0.2, 0.25) is 20.1 Å². The van der Waals surface area contributed by atoms with Crippen LogP contribution in [0.15, 0.2) is 36.4 Å². The van der Waals surface area contributed by atoms with Crippen LogP contribution in [-0.2, 0) is 9.59 Å². The molecule has 0 fully saturated rings. The van der Waals surface area contributed by atoms with Gasteiger partial charge in [-0.05, 0) is 36.4 Å². The first-order chi connectivity index (χ1) is 12.2. The molecule has 0 heterocycles. The molecular weight excluding hydrogens is 430 g/mol. The van der Waals surface area contributed by atoms with Gasteiger partial charge in [-0.15, -0.1) is 0 Å². The van der Waals surface area contributed by atoms with Crippen LogP contribution in [0.1, 0.15) is 0 Å². The first-order valence-electron chi connectivity index (χ1n) is 6.88. The minimum absolute atomic E-state index is 0.0115. The summed E-state index contributed by atoms with van der Waals surface area (Å²) in [5, 5.41) is 19.4. The van der Waals surface area contributed by atoms with E-state index in [0.717, 1.165) is 0 Å². The van der Waals surface area contributed by atoms with Gasteiger partial charge in [0.05, 0.1) is 10.0 Å². The van der Waals surface area contributed by atoms with Crippen LogP contribution in [0.5, 0.6) is 11.5 Å². The van der Waals surface area contributed by atoms with E-state index in [2.05, 4.69) is 0 Å². The van der Waals surface area contributed by atoms with Crippen molar-refractivity contribution in [2.45, 2.75) is 12.2 Å². The van der Waals surface area contributed by atoms with Crippen molar-refractivity contribution in [1.29, 1.82) is 0 Å². The average molecular weight is 440 g/mol. The van der Waals surface area contributed by atoms with Crippen molar-refractivity contribution in [2.24, 2.45) is 0 Å². The van der Waals surface area contributed by atoms with Crippen LogP contribution >= 0.6 is 46.4 Å². The van der Waals surface area contributed by atoms with E-state index in [1.165, 1.54) is 36.4 Å². The smallest absolute Gasteiger partial charge is 0.349 e. The Hall–Kier alpha value is -1.86. The molecule has 0 radical (unpaired) electrons. The molecule has 2 rings (SSSR count). The largest absolute Gasteiger partial charge is 0.478 e. The lowest BCUT2D eigenvalue weighted by atomic mass is 10.2. The van der Waals surface area contributed by atoms with E-state index in [1.54, 1.807) is 0 Å². The first kappa shape index (κ1) is 20.5. The quantitative estimate of drug-likeness (QED) is 0.651. The molecule has 2 aromatic carbocycles. The van der Waals surface area contributed by atoms with Crippen LogP contribution in [0, 0.1) is 0 Å². The van der Waals surface area contributed by atoms with Crippen molar-refractivity contribution in [1.82, 2.24) is 0 Å². The highest BCUT2D eigenvalue weighted by atomic mass is 35.5. The Morgan fingerprint density at radius 1 is 0.731 bits per heavy atom. The van der Waals surface area contributed by atoms with Crippen LogP contribution in [0.25, 0.3) is 0 Å². The van der Waals surface area contributed by atoms with E-state index < -0.39 is 24.1 Å². The molecule has 0 amide bonds. The zero-order valence-corrected chi connectivity index (χ0v) is 15.7. The maximum absolute atomic E-state index is 11.6. The molecule has 2 atom stereocenters. The Kier molecular flexibility index (Phi) is 6.83. The number of ether oxygens (including phenoxy) is 2. The van der Waals surface area contributed by atoms with Gasteiger partial charge in [-0.2, -0.15) is 0 Å². The number of hydrogen-bond acceptors (Lipinski definition) is 4. The number of rotatable bonds is 7. The SMILES string of the molecule is O=C(O)[C@H](Oc1ccc(Cl)cc1Cl)[C@@H](Oc1ccc(Cl)cc1Cl)C(=O)O. The molecule has 0 unspecified atom stereocenters. The van der Waals surface area contributed by atoms with Gasteiger partial charge in [0.2, 0.25) is 12.2 Å². The third-order valence-electron chi connectivity index (χ3n) is 3.06. The highest BCUT2D eigenvalue weighted by molar-refractivity contribution is 6.36. The van der Waals surface area contributed by atoms with Crippen molar-refractivity contribution in [3.63, 3.8) is 0 Å². The number of carboxylic acid groups (broad SMARTS) is 2. The monoisotopic (exact) mass is 438 g/mol. The summed E-state index contributed by atoms with van der Waals surface area (Å²) in [7, 11) is 0. The summed E-state index contributed by atoms with van der Waals surface area (Å²) >= 11 is 23.4. The fraction of sp³-hybridized carbons (Fsp3) is 0.125. The van der Waals surface area contributed by atoms with Gasteiger partial charge in [-0.25, -0.2) is 9.59 Å². The molecule has 0 aliphatic carbocycles. The Morgan fingerprint density at radius 2 is 1.08 bits per heavy atom. The molecule has 0 aliphatic rings. The van der Waals surface area contributed by atoms with Gasteiger partial charge >= 0.3 is 11.9 Å². The molecule has 2 N–H and O–H groups in total. The summed E-state index contributed by atoms with van der Waals surface area (Å²) in [6.07, 6.45) is -3.84. The number of halogens is 4. The van der Waals surface area contributed by atoms with Gasteiger partial charge in [-0.3, -0.25) is 0 Å². The van der Waals surface area contributed by atoms with Gasteiger partial charge in [-0.1, -0.05) is 46.4 Å². The summed E-state index contributed by atoms with van der Waals surface area (Å²) in [6.45, 7) is 0. The van der Waals surface area contributed by atoms with Gasteiger partial charge in [0.15, 0.2) is 0 Å². The Morgan fingerprint density at radius 3 is 1.35 bits per heavy atom. The molecule has 26 heavy (non-hydrogen) atoms. The van der Waals surface area contributed by atoms with Crippen LogP contribution in [0.4, 0.5) is 0 Å².